The average molecular weight is 445 g/mol. The van der Waals surface area contributed by atoms with Gasteiger partial charge in [-0.25, -0.2) is 4.98 Å². The number of nitrogens with zero attached hydrogens (tertiary/aromatic N) is 1. The minimum atomic E-state index is -0.154. The molecule has 7 heteroatoms. The largest absolute Gasteiger partial charge is 0.360 e. The van der Waals surface area contributed by atoms with E-state index in [1.54, 1.807) is 24.2 Å². The van der Waals surface area contributed by atoms with Gasteiger partial charge in [0.25, 0.3) is 5.91 Å². The van der Waals surface area contributed by atoms with Crippen LogP contribution in [0.15, 0.2) is 65.8 Å². The van der Waals surface area contributed by atoms with Crippen LogP contribution in [0.3, 0.4) is 0 Å². The number of carbonyl (C=O) groups is 2. The van der Waals surface area contributed by atoms with Crippen LogP contribution in [0, 0.1) is 13.8 Å². The number of aromatic amines is 1. The number of anilines is 2. The fourth-order valence-electron chi connectivity index (χ4n) is 3.67. The predicted molar refractivity (Wildman–Crippen MR) is 130 cm³/mol. The lowest BCUT2D eigenvalue weighted by atomic mass is 10.1. The molecule has 2 aromatic heterocycles. The Kier molecular flexibility index (Phi) is 6.28. The maximum Gasteiger partial charge on any atom is 0.257 e. The van der Waals surface area contributed by atoms with Gasteiger partial charge in [-0.05, 0) is 66.9 Å². The Balaban J connectivity index is 1.58. The van der Waals surface area contributed by atoms with Gasteiger partial charge in [-0.2, -0.15) is 0 Å². The van der Waals surface area contributed by atoms with E-state index in [9.17, 15) is 9.59 Å². The topological polar surface area (TPSA) is 86.9 Å². The molecule has 0 spiro atoms. The van der Waals surface area contributed by atoms with Gasteiger partial charge in [0, 0.05) is 46.6 Å². The van der Waals surface area contributed by atoms with Crippen LogP contribution in [-0.4, -0.2) is 21.8 Å². The molecule has 0 unspecified atom stereocenters. The van der Waals surface area contributed by atoms with Gasteiger partial charge >= 0.3 is 0 Å². The molecule has 0 saturated heterocycles. The number of nitrogens with one attached hydrogen (secondary N) is 3. The first-order valence-corrected chi connectivity index (χ1v) is 11.2. The van der Waals surface area contributed by atoms with Gasteiger partial charge in [0.2, 0.25) is 5.91 Å². The molecule has 0 bridgehead atoms. The van der Waals surface area contributed by atoms with Crippen LogP contribution in [0.25, 0.3) is 10.9 Å². The number of thioether (sulfide) groups is 1. The molecular weight excluding hydrogens is 420 g/mol. The van der Waals surface area contributed by atoms with Crippen molar-refractivity contribution in [1.82, 2.24) is 9.97 Å². The van der Waals surface area contributed by atoms with E-state index in [0.29, 0.717) is 17.1 Å². The second kappa shape index (κ2) is 9.28. The molecule has 0 aliphatic heterocycles. The van der Waals surface area contributed by atoms with E-state index in [4.69, 9.17) is 0 Å². The molecule has 0 radical (unpaired) electrons. The van der Waals surface area contributed by atoms with Gasteiger partial charge in [0.1, 0.15) is 5.82 Å². The van der Waals surface area contributed by atoms with E-state index >= 15 is 0 Å². The third kappa shape index (κ3) is 5.00. The summed E-state index contributed by atoms with van der Waals surface area (Å²) in [5.41, 5.74) is 5.54. The monoisotopic (exact) mass is 444 g/mol. The summed E-state index contributed by atoms with van der Waals surface area (Å²) in [6.45, 7) is 5.49. The molecule has 3 N–H and O–H groups in total. The molecule has 32 heavy (non-hydrogen) atoms. The highest BCUT2D eigenvalue weighted by molar-refractivity contribution is 7.98. The fourth-order valence-corrected chi connectivity index (χ4v) is 4.71. The van der Waals surface area contributed by atoms with Crippen molar-refractivity contribution in [2.45, 2.75) is 31.4 Å². The van der Waals surface area contributed by atoms with Crippen molar-refractivity contribution < 1.29 is 9.59 Å². The summed E-state index contributed by atoms with van der Waals surface area (Å²) in [7, 11) is 0. The number of aromatic nitrogens is 2. The van der Waals surface area contributed by atoms with Crippen molar-refractivity contribution in [3.63, 3.8) is 0 Å². The normalized spacial score (nSPS) is 10.8. The zero-order valence-corrected chi connectivity index (χ0v) is 19.0. The molecule has 4 aromatic rings. The maximum absolute atomic E-state index is 13.1. The summed E-state index contributed by atoms with van der Waals surface area (Å²) in [6.07, 6.45) is 3.44. The number of pyridine rings is 1. The minimum Gasteiger partial charge on any atom is -0.360 e. The van der Waals surface area contributed by atoms with Gasteiger partial charge in [0.05, 0.1) is 5.56 Å². The molecule has 0 fully saturated rings. The van der Waals surface area contributed by atoms with Crippen LogP contribution < -0.4 is 10.6 Å². The van der Waals surface area contributed by atoms with Crippen LogP contribution in [0.4, 0.5) is 11.5 Å². The van der Waals surface area contributed by atoms with Crippen LogP contribution in [0.5, 0.6) is 0 Å². The lowest BCUT2D eigenvalue weighted by Crippen LogP contribution is -2.11. The maximum atomic E-state index is 13.1. The number of aryl methyl sites for hydroxylation is 2. The first kappa shape index (κ1) is 21.6. The second-order valence-electron chi connectivity index (χ2n) is 7.73. The summed E-state index contributed by atoms with van der Waals surface area (Å²) >= 11 is 1.64. The lowest BCUT2D eigenvalue weighted by Gasteiger charge is -2.09. The Morgan fingerprint density at radius 3 is 2.56 bits per heavy atom. The summed E-state index contributed by atoms with van der Waals surface area (Å²) in [5.74, 6) is 0.909. The van der Waals surface area contributed by atoms with E-state index in [0.717, 1.165) is 38.2 Å². The van der Waals surface area contributed by atoms with Crippen LogP contribution >= 0.6 is 11.8 Å². The summed E-state index contributed by atoms with van der Waals surface area (Å²) < 4.78 is 0. The first-order valence-electron chi connectivity index (χ1n) is 10.2. The molecule has 0 aliphatic rings. The zero-order valence-electron chi connectivity index (χ0n) is 18.2. The predicted octanol–water partition coefficient (Wildman–Crippen LogP) is 5.68. The number of benzene rings is 2. The molecular formula is C25H24N4O2S. The molecule has 2 amide bonds. The summed E-state index contributed by atoms with van der Waals surface area (Å²) in [4.78, 5) is 32.8. The van der Waals surface area contributed by atoms with Gasteiger partial charge in [-0.15, -0.1) is 11.8 Å². The second-order valence-corrected chi connectivity index (χ2v) is 8.75. The van der Waals surface area contributed by atoms with Gasteiger partial charge < -0.3 is 15.6 Å². The number of fused-ring (bicyclic) bond motifs is 1. The Labute approximate surface area is 190 Å². The number of carbonyl (C=O) groups excluding carboxylic acids is 2. The third-order valence-electron chi connectivity index (χ3n) is 4.91. The van der Waals surface area contributed by atoms with E-state index < -0.39 is 0 Å². The van der Waals surface area contributed by atoms with Crippen LogP contribution in [0.2, 0.25) is 0 Å². The Morgan fingerprint density at radius 1 is 1.03 bits per heavy atom. The standard InChI is InChI=1S/C25H24N4O2S/c1-15-9-16(2)11-19(10-15)29-25(31)20-13-27-21-5-4-6-22(24(20)21)32-14-18-7-8-26-23(12-18)28-17(3)30/h4-13,27H,14H2,1-3H3,(H,29,31)(H,26,28,30). The molecule has 4 rings (SSSR count). The van der Waals surface area contributed by atoms with E-state index in [1.807, 2.05) is 56.3 Å². The molecule has 0 atom stereocenters. The van der Waals surface area contributed by atoms with Gasteiger partial charge in [0.15, 0.2) is 0 Å². The zero-order chi connectivity index (χ0) is 22.7. The Bertz CT molecular complexity index is 1290. The van der Waals surface area contributed by atoms with Crippen molar-refractivity contribution in [1.29, 1.82) is 0 Å². The molecule has 6 nitrogen and oxygen atoms in total. The average Bonchev–Trinajstić information content (AvgIpc) is 3.16. The highest BCUT2D eigenvalue weighted by Crippen LogP contribution is 2.33. The first-order chi connectivity index (χ1) is 15.4. The van der Waals surface area contributed by atoms with Crippen molar-refractivity contribution in [2.75, 3.05) is 10.6 Å². The molecule has 2 heterocycles. The van der Waals surface area contributed by atoms with E-state index in [1.165, 1.54) is 6.92 Å². The summed E-state index contributed by atoms with van der Waals surface area (Å²) in [6, 6.07) is 15.7. The number of hydrogen-bond donors (Lipinski definition) is 3. The molecule has 162 valence electrons. The fraction of sp³-hybridized carbons (Fsp3) is 0.160. The van der Waals surface area contributed by atoms with Crippen molar-refractivity contribution >= 4 is 46.0 Å². The number of H-pyrrole nitrogens is 1. The lowest BCUT2D eigenvalue weighted by molar-refractivity contribution is -0.114. The number of rotatable bonds is 6. The summed E-state index contributed by atoms with van der Waals surface area (Å²) in [5, 5.41) is 6.63. The molecule has 0 aliphatic carbocycles. The molecule has 0 saturated carbocycles. The van der Waals surface area contributed by atoms with E-state index in [-0.39, 0.29) is 11.8 Å². The van der Waals surface area contributed by atoms with Gasteiger partial charge in [-0.1, -0.05) is 12.1 Å². The van der Waals surface area contributed by atoms with Crippen LogP contribution in [0.1, 0.15) is 34.0 Å². The van der Waals surface area contributed by atoms with Crippen LogP contribution in [-0.2, 0) is 10.5 Å². The van der Waals surface area contributed by atoms with Crippen molar-refractivity contribution in [3.05, 3.63) is 83.2 Å². The Hall–Kier alpha value is -3.58. The molecule has 2 aromatic carbocycles. The number of amides is 2. The number of hydrogen-bond acceptors (Lipinski definition) is 4. The SMILES string of the molecule is CC(=O)Nc1cc(CSc2cccc3[nH]cc(C(=O)Nc4cc(C)cc(C)c4)c23)ccn1. The smallest absolute Gasteiger partial charge is 0.257 e. The minimum absolute atomic E-state index is 0.147. The highest BCUT2D eigenvalue weighted by atomic mass is 32.2. The van der Waals surface area contributed by atoms with Crippen molar-refractivity contribution in [2.24, 2.45) is 0 Å². The van der Waals surface area contributed by atoms with Gasteiger partial charge in [-0.3, -0.25) is 9.59 Å². The van der Waals surface area contributed by atoms with Crippen molar-refractivity contribution in [3.8, 4) is 0 Å². The highest BCUT2D eigenvalue weighted by Gasteiger charge is 2.16. The van der Waals surface area contributed by atoms with E-state index in [2.05, 4.69) is 26.7 Å². The Morgan fingerprint density at radius 2 is 1.81 bits per heavy atom. The third-order valence-corrected chi connectivity index (χ3v) is 6.04. The quantitative estimate of drug-likeness (QED) is 0.334.